The highest BCUT2D eigenvalue weighted by atomic mass is 127. The van der Waals surface area contributed by atoms with Gasteiger partial charge in [-0.3, -0.25) is 9.89 Å². The normalized spacial score (nSPS) is 22.0. The van der Waals surface area contributed by atoms with E-state index in [0.717, 1.165) is 25.7 Å². The lowest BCUT2D eigenvalue weighted by Crippen LogP contribution is -2.41. The standard InChI is InChI=1S/C12H26N4.HI/c1-3-11-7-5-6-9-16(11)10-8-15-12(13)14-4-2;/h11H,3-10H2,1-2H3,(H3,13,14,15);1H. The van der Waals surface area contributed by atoms with E-state index in [-0.39, 0.29) is 24.0 Å². The maximum atomic E-state index is 5.69. The second-order valence-corrected chi connectivity index (χ2v) is 4.39. The van der Waals surface area contributed by atoms with Gasteiger partial charge in [0.15, 0.2) is 5.96 Å². The molecule has 0 saturated carbocycles. The summed E-state index contributed by atoms with van der Waals surface area (Å²) in [7, 11) is 0. The van der Waals surface area contributed by atoms with Gasteiger partial charge in [0.25, 0.3) is 0 Å². The Labute approximate surface area is 122 Å². The van der Waals surface area contributed by atoms with Crippen LogP contribution in [0.5, 0.6) is 0 Å². The Balaban J connectivity index is 0.00000256. The van der Waals surface area contributed by atoms with Crippen molar-refractivity contribution in [3.05, 3.63) is 0 Å². The molecular weight excluding hydrogens is 327 g/mol. The summed E-state index contributed by atoms with van der Waals surface area (Å²) in [4.78, 5) is 6.88. The summed E-state index contributed by atoms with van der Waals surface area (Å²) in [6.45, 7) is 8.24. The molecule has 3 N–H and O–H groups in total. The molecule has 0 radical (unpaired) electrons. The Hall–Kier alpha value is -0.0400. The fourth-order valence-corrected chi connectivity index (χ4v) is 2.35. The number of nitrogens with zero attached hydrogens (tertiary/aromatic N) is 2. The molecule has 0 amide bonds. The lowest BCUT2D eigenvalue weighted by molar-refractivity contribution is 0.149. The SMILES string of the molecule is CCNC(N)=NCCN1CCCCC1CC.I. The average Bonchev–Trinajstić information content (AvgIpc) is 2.30. The van der Waals surface area contributed by atoms with E-state index >= 15 is 0 Å². The second-order valence-electron chi connectivity index (χ2n) is 4.39. The van der Waals surface area contributed by atoms with Crippen LogP contribution in [0, 0.1) is 0 Å². The summed E-state index contributed by atoms with van der Waals surface area (Å²) < 4.78 is 0. The minimum Gasteiger partial charge on any atom is -0.370 e. The quantitative estimate of drug-likeness (QED) is 0.450. The van der Waals surface area contributed by atoms with Crippen molar-refractivity contribution in [1.29, 1.82) is 0 Å². The highest BCUT2D eigenvalue weighted by Crippen LogP contribution is 2.18. The molecule has 1 fully saturated rings. The summed E-state index contributed by atoms with van der Waals surface area (Å²) in [6, 6.07) is 0.768. The largest absolute Gasteiger partial charge is 0.370 e. The predicted molar refractivity (Wildman–Crippen MR) is 85.1 cm³/mol. The molecule has 0 spiro atoms. The topological polar surface area (TPSA) is 53.6 Å². The monoisotopic (exact) mass is 354 g/mol. The molecule has 102 valence electrons. The van der Waals surface area contributed by atoms with Gasteiger partial charge in [-0.25, -0.2) is 0 Å². The number of hydrogen-bond donors (Lipinski definition) is 2. The minimum absolute atomic E-state index is 0. The Kier molecular flexibility index (Phi) is 9.91. The van der Waals surface area contributed by atoms with E-state index in [2.05, 4.69) is 22.1 Å². The molecule has 17 heavy (non-hydrogen) atoms. The second kappa shape index (κ2) is 9.94. The van der Waals surface area contributed by atoms with Crippen LogP contribution in [0.4, 0.5) is 0 Å². The number of piperidine rings is 1. The van der Waals surface area contributed by atoms with Crippen molar-refractivity contribution in [3.8, 4) is 0 Å². The minimum atomic E-state index is 0. The number of halogens is 1. The molecule has 0 aliphatic carbocycles. The lowest BCUT2D eigenvalue weighted by Gasteiger charge is -2.34. The highest BCUT2D eigenvalue weighted by Gasteiger charge is 2.19. The molecule has 1 aliphatic rings. The van der Waals surface area contributed by atoms with Gasteiger partial charge in [-0.1, -0.05) is 13.3 Å². The fourth-order valence-electron chi connectivity index (χ4n) is 2.35. The van der Waals surface area contributed by atoms with Crippen LogP contribution in [0.15, 0.2) is 4.99 Å². The first-order valence-corrected chi connectivity index (χ1v) is 6.55. The first kappa shape index (κ1) is 17.0. The van der Waals surface area contributed by atoms with Crippen LogP contribution < -0.4 is 11.1 Å². The van der Waals surface area contributed by atoms with E-state index in [1.807, 2.05) is 6.92 Å². The summed E-state index contributed by atoms with van der Waals surface area (Å²) >= 11 is 0. The summed E-state index contributed by atoms with van der Waals surface area (Å²) in [6.07, 6.45) is 5.33. The fraction of sp³-hybridized carbons (Fsp3) is 0.917. The van der Waals surface area contributed by atoms with Crippen LogP contribution in [-0.2, 0) is 0 Å². The maximum Gasteiger partial charge on any atom is 0.188 e. The van der Waals surface area contributed by atoms with Gasteiger partial charge in [-0.2, -0.15) is 0 Å². The van der Waals surface area contributed by atoms with Gasteiger partial charge in [-0.15, -0.1) is 24.0 Å². The number of likely N-dealkylation sites (tertiary alicyclic amines) is 1. The van der Waals surface area contributed by atoms with E-state index < -0.39 is 0 Å². The predicted octanol–water partition coefficient (Wildman–Crippen LogP) is 1.79. The van der Waals surface area contributed by atoms with Gasteiger partial charge in [0.05, 0.1) is 6.54 Å². The third kappa shape index (κ3) is 6.45. The first-order chi connectivity index (χ1) is 7.77. The third-order valence-corrected chi connectivity index (χ3v) is 3.25. The van der Waals surface area contributed by atoms with Crippen LogP contribution in [0.1, 0.15) is 39.5 Å². The Morgan fingerprint density at radius 3 is 2.82 bits per heavy atom. The summed E-state index contributed by atoms with van der Waals surface area (Å²) in [5.41, 5.74) is 5.69. The van der Waals surface area contributed by atoms with Crippen LogP contribution in [-0.4, -0.2) is 43.1 Å². The van der Waals surface area contributed by atoms with E-state index in [4.69, 9.17) is 5.73 Å². The molecule has 0 aromatic carbocycles. The number of guanidine groups is 1. The van der Waals surface area contributed by atoms with Gasteiger partial charge in [-0.05, 0) is 32.7 Å². The van der Waals surface area contributed by atoms with Crippen molar-refractivity contribution in [2.75, 3.05) is 26.2 Å². The van der Waals surface area contributed by atoms with Crippen molar-refractivity contribution in [2.45, 2.75) is 45.6 Å². The Morgan fingerprint density at radius 2 is 2.18 bits per heavy atom. The van der Waals surface area contributed by atoms with Gasteiger partial charge in [0.2, 0.25) is 0 Å². The molecule has 5 heteroatoms. The molecule has 1 heterocycles. The summed E-state index contributed by atoms with van der Waals surface area (Å²) in [5.74, 6) is 0.576. The molecule has 4 nitrogen and oxygen atoms in total. The van der Waals surface area contributed by atoms with E-state index in [1.54, 1.807) is 0 Å². The molecule has 0 aromatic heterocycles. The number of rotatable bonds is 5. The zero-order chi connectivity index (χ0) is 11.8. The van der Waals surface area contributed by atoms with E-state index in [1.165, 1.54) is 32.2 Å². The van der Waals surface area contributed by atoms with Crippen LogP contribution in [0.2, 0.25) is 0 Å². The van der Waals surface area contributed by atoms with E-state index in [0.29, 0.717) is 5.96 Å². The molecule has 0 bridgehead atoms. The number of nitrogens with two attached hydrogens (primary N) is 1. The van der Waals surface area contributed by atoms with Gasteiger partial charge in [0, 0.05) is 19.1 Å². The van der Waals surface area contributed by atoms with Crippen LogP contribution in [0.3, 0.4) is 0 Å². The van der Waals surface area contributed by atoms with Crippen molar-refractivity contribution < 1.29 is 0 Å². The highest BCUT2D eigenvalue weighted by molar-refractivity contribution is 14.0. The van der Waals surface area contributed by atoms with Crippen LogP contribution in [0.25, 0.3) is 0 Å². The van der Waals surface area contributed by atoms with Crippen molar-refractivity contribution in [2.24, 2.45) is 10.7 Å². The Morgan fingerprint density at radius 1 is 1.41 bits per heavy atom. The Bertz CT molecular complexity index is 221. The van der Waals surface area contributed by atoms with E-state index in [9.17, 15) is 0 Å². The van der Waals surface area contributed by atoms with Crippen molar-refractivity contribution >= 4 is 29.9 Å². The average molecular weight is 354 g/mol. The molecular formula is C12H27IN4. The third-order valence-electron chi connectivity index (χ3n) is 3.25. The van der Waals surface area contributed by atoms with Gasteiger partial charge in [0.1, 0.15) is 0 Å². The molecule has 1 saturated heterocycles. The zero-order valence-corrected chi connectivity index (χ0v) is 13.4. The zero-order valence-electron chi connectivity index (χ0n) is 11.1. The maximum absolute atomic E-state index is 5.69. The number of aliphatic imine (C=N–C) groups is 1. The smallest absolute Gasteiger partial charge is 0.188 e. The molecule has 0 aromatic rings. The van der Waals surface area contributed by atoms with Crippen molar-refractivity contribution in [3.63, 3.8) is 0 Å². The van der Waals surface area contributed by atoms with Crippen molar-refractivity contribution in [1.82, 2.24) is 10.2 Å². The first-order valence-electron chi connectivity index (χ1n) is 6.55. The molecule has 1 atom stereocenters. The molecule has 1 unspecified atom stereocenters. The summed E-state index contributed by atoms with van der Waals surface area (Å²) in [5, 5.41) is 3.02. The molecule has 1 rings (SSSR count). The lowest BCUT2D eigenvalue weighted by atomic mass is 10.0. The van der Waals surface area contributed by atoms with Crippen LogP contribution >= 0.6 is 24.0 Å². The number of hydrogen-bond acceptors (Lipinski definition) is 2. The van der Waals surface area contributed by atoms with Gasteiger partial charge >= 0.3 is 0 Å². The number of nitrogens with one attached hydrogen (secondary N) is 1. The van der Waals surface area contributed by atoms with Gasteiger partial charge < -0.3 is 11.1 Å². The molecule has 1 aliphatic heterocycles.